The van der Waals surface area contributed by atoms with Crippen molar-refractivity contribution in [3.63, 3.8) is 0 Å². The van der Waals surface area contributed by atoms with E-state index < -0.39 is 50.9 Å². The maximum absolute atomic E-state index is 7.17. The summed E-state index contributed by atoms with van der Waals surface area (Å²) in [6.45, 7) is 34.7. The van der Waals surface area contributed by atoms with Crippen molar-refractivity contribution in [2.45, 2.75) is 111 Å². The van der Waals surface area contributed by atoms with Crippen LogP contribution < -0.4 is 0 Å². The molecule has 0 bridgehead atoms. The molecule has 1 atom stereocenters. The molecule has 0 aliphatic carbocycles. The van der Waals surface area contributed by atoms with Crippen LogP contribution >= 0.6 is 0 Å². The van der Waals surface area contributed by atoms with Gasteiger partial charge in [-0.25, -0.2) is 0 Å². The van der Waals surface area contributed by atoms with Crippen molar-refractivity contribution < 1.29 is 30.0 Å². The van der Waals surface area contributed by atoms with Crippen molar-refractivity contribution in [1.29, 1.82) is 0 Å². The Bertz CT molecular complexity index is 537. The molecular formula is C21H56O7Si6. The average Bonchev–Trinajstić information content (AvgIpc) is 2.55. The first-order valence-corrected chi connectivity index (χ1v) is 29.8. The van der Waals surface area contributed by atoms with Gasteiger partial charge in [0.15, 0.2) is 25.0 Å². The Morgan fingerprint density at radius 1 is 0.471 bits per heavy atom. The highest BCUT2D eigenvalue weighted by Gasteiger charge is 2.66. The van der Waals surface area contributed by atoms with E-state index in [-0.39, 0.29) is 5.16 Å². The van der Waals surface area contributed by atoms with Crippen molar-refractivity contribution in [2.24, 2.45) is 0 Å². The molecule has 0 aromatic heterocycles. The largest absolute Gasteiger partial charge is 0.474 e. The summed E-state index contributed by atoms with van der Waals surface area (Å²) in [5.41, 5.74) is 0. The van der Waals surface area contributed by atoms with Crippen LogP contribution in [0.25, 0.3) is 0 Å². The molecule has 0 aromatic carbocycles. The van der Waals surface area contributed by atoms with Gasteiger partial charge in [-0.3, -0.25) is 0 Å². The Balaban J connectivity index is 7.28. The van der Waals surface area contributed by atoms with E-state index in [4.69, 9.17) is 30.0 Å². The lowest BCUT2D eigenvalue weighted by molar-refractivity contribution is 0.158. The second kappa shape index (κ2) is 13.7. The second-order valence-electron chi connectivity index (χ2n) is 11.9. The van der Waals surface area contributed by atoms with Crippen LogP contribution in [-0.2, 0) is 30.0 Å². The van der Waals surface area contributed by atoms with Crippen molar-refractivity contribution in [2.75, 3.05) is 26.4 Å². The fourth-order valence-corrected chi connectivity index (χ4v) is 31.0. The lowest BCUT2D eigenvalue weighted by Crippen LogP contribution is -2.69. The first kappa shape index (κ1) is 35.0. The van der Waals surface area contributed by atoms with Crippen molar-refractivity contribution in [3.8, 4) is 0 Å². The molecule has 0 N–H and O–H groups in total. The summed E-state index contributed by atoms with van der Waals surface area (Å²) >= 11 is 0. The molecule has 0 fully saturated rings. The molecule has 0 saturated heterocycles. The van der Waals surface area contributed by atoms with Gasteiger partial charge in [0.1, 0.15) is 0 Å². The molecule has 0 saturated carbocycles. The predicted octanol–water partition coefficient (Wildman–Crippen LogP) is 6.68. The molecule has 0 heterocycles. The van der Waals surface area contributed by atoms with Gasteiger partial charge < -0.3 is 30.0 Å². The van der Waals surface area contributed by atoms with Gasteiger partial charge in [-0.15, -0.1) is 0 Å². The minimum Gasteiger partial charge on any atom is -0.417 e. The van der Waals surface area contributed by atoms with Crippen molar-refractivity contribution >= 4 is 50.9 Å². The standard InChI is InChI=1S/C21H56O7Si6/c1-16-22-32(14,23-17-2)20-21(33(15,24-18-3)25-19-4)34(26-29(5,6)7,27-30(8,9)10)28-31(11,12)13/h21H,16-20H2,1-15H3. The Morgan fingerprint density at radius 3 is 1.00 bits per heavy atom. The molecule has 34 heavy (non-hydrogen) atoms. The highest BCUT2D eigenvalue weighted by molar-refractivity contribution is 6.97. The van der Waals surface area contributed by atoms with Crippen molar-refractivity contribution in [3.05, 3.63) is 0 Å². The molecule has 206 valence electrons. The number of rotatable bonds is 18. The van der Waals surface area contributed by atoms with Crippen LogP contribution in [0, 0.1) is 0 Å². The zero-order valence-electron chi connectivity index (χ0n) is 25.0. The third-order valence-electron chi connectivity index (χ3n) is 4.74. The first-order chi connectivity index (χ1) is 15.2. The van der Waals surface area contributed by atoms with Gasteiger partial charge in [-0.1, -0.05) is 0 Å². The molecule has 0 spiro atoms. The van der Waals surface area contributed by atoms with Crippen LogP contribution in [0.3, 0.4) is 0 Å². The van der Waals surface area contributed by atoms with E-state index in [1.165, 1.54) is 0 Å². The number of hydrogen-bond acceptors (Lipinski definition) is 7. The summed E-state index contributed by atoms with van der Waals surface area (Å²) in [6.07, 6.45) is 0. The lowest BCUT2D eigenvalue weighted by Gasteiger charge is -2.51. The van der Waals surface area contributed by atoms with Gasteiger partial charge in [0.2, 0.25) is 0 Å². The molecule has 7 nitrogen and oxygen atoms in total. The highest BCUT2D eigenvalue weighted by atomic mass is 28.5. The predicted molar refractivity (Wildman–Crippen MR) is 157 cm³/mol. The summed E-state index contributed by atoms with van der Waals surface area (Å²) in [5, 5.41) is -0.153. The van der Waals surface area contributed by atoms with Gasteiger partial charge >= 0.3 is 25.9 Å². The normalized spacial score (nSPS) is 15.6. The molecule has 1 unspecified atom stereocenters. The minimum atomic E-state index is -3.34. The van der Waals surface area contributed by atoms with Gasteiger partial charge in [-0.2, -0.15) is 0 Å². The molecule has 13 heteroatoms. The summed E-state index contributed by atoms with van der Waals surface area (Å²) in [4.78, 5) is 0. The van der Waals surface area contributed by atoms with Crippen LogP contribution in [0.1, 0.15) is 27.7 Å². The minimum absolute atomic E-state index is 0.153. The smallest absolute Gasteiger partial charge is 0.417 e. The van der Waals surface area contributed by atoms with Crippen LogP contribution in [0.2, 0.25) is 83.2 Å². The first-order valence-electron chi connectivity index (χ1n) is 12.9. The Morgan fingerprint density at radius 2 is 0.765 bits per heavy atom. The average molecular weight is 589 g/mol. The molecule has 0 rings (SSSR count). The molecule has 0 aromatic rings. The van der Waals surface area contributed by atoms with Crippen molar-refractivity contribution in [1.82, 2.24) is 0 Å². The van der Waals surface area contributed by atoms with Crippen LogP contribution in [0.15, 0.2) is 0 Å². The zero-order valence-corrected chi connectivity index (χ0v) is 31.0. The van der Waals surface area contributed by atoms with Gasteiger partial charge in [0.05, 0.1) is 5.16 Å². The van der Waals surface area contributed by atoms with Crippen LogP contribution in [0.4, 0.5) is 0 Å². The third-order valence-corrected chi connectivity index (χ3v) is 26.2. The van der Waals surface area contributed by atoms with Gasteiger partial charge in [0, 0.05) is 32.5 Å². The van der Waals surface area contributed by atoms with Gasteiger partial charge in [-0.05, 0) is 99.7 Å². The third kappa shape index (κ3) is 12.5. The van der Waals surface area contributed by atoms with Crippen LogP contribution in [-0.4, -0.2) is 77.3 Å². The van der Waals surface area contributed by atoms with E-state index in [0.717, 1.165) is 0 Å². The number of hydrogen-bond donors (Lipinski definition) is 0. The fourth-order valence-electron chi connectivity index (χ4n) is 4.14. The molecular weight excluding hydrogens is 533 g/mol. The van der Waals surface area contributed by atoms with E-state index in [0.29, 0.717) is 32.5 Å². The van der Waals surface area contributed by atoms with E-state index >= 15 is 0 Å². The maximum Gasteiger partial charge on any atom is 0.474 e. The second-order valence-corrected chi connectivity index (χ2v) is 36.0. The SMILES string of the molecule is CCO[Si](C)(CC([Si](C)(OCC)OCC)[Si](O[Si](C)(C)C)(O[Si](C)(C)C)O[Si](C)(C)C)OCC. The topological polar surface area (TPSA) is 64.6 Å². The molecule has 0 aliphatic rings. The monoisotopic (exact) mass is 588 g/mol. The molecule has 0 aliphatic heterocycles. The van der Waals surface area contributed by atoms with E-state index in [2.05, 4.69) is 72.0 Å². The van der Waals surface area contributed by atoms with E-state index in [1.807, 2.05) is 27.7 Å². The summed E-state index contributed by atoms with van der Waals surface area (Å²) in [5.74, 6) is 0. The van der Waals surface area contributed by atoms with Gasteiger partial charge in [0.25, 0.3) is 0 Å². The summed E-state index contributed by atoms with van der Waals surface area (Å²) in [7, 11) is -15.1. The Kier molecular flexibility index (Phi) is 14.1. The van der Waals surface area contributed by atoms with E-state index in [1.54, 1.807) is 0 Å². The highest BCUT2D eigenvalue weighted by Crippen LogP contribution is 2.46. The quantitative estimate of drug-likeness (QED) is 0.165. The fraction of sp³-hybridized carbons (Fsp3) is 1.00. The van der Waals surface area contributed by atoms with Crippen LogP contribution in [0.5, 0.6) is 0 Å². The molecule has 0 amide bonds. The maximum atomic E-state index is 7.17. The zero-order chi connectivity index (χ0) is 27.1. The van der Waals surface area contributed by atoms with E-state index in [9.17, 15) is 0 Å². The Hall–Kier alpha value is 1.02. The Labute approximate surface area is 217 Å². The molecule has 0 radical (unpaired) electrons. The lowest BCUT2D eigenvalue weighted by atomic mass is 10.9. The summed E-state index contributed by atoms with van der Waals surface area (Å²) in [6, 6.07) is 0.670. The summed E-state index contributed by atoms with van der Waals surface area (Å²) < 4.78 is 47.3.